The highest BCUT2D eigenvalue weighted by molar-refractivity contribution is 7.20. The number of aromatic nitrogens is 2. The molecule has 0 atom stereocenters. The van der Waals surface area contributed by atoms with E-state index >= 15 is 0 Å². The number of benzene rings is 1. The fourth-order valence-corrected chi connectivity index (χ4v) is 3.81. The van der Waals surface area contributed by atoms with Crippen molar-refractivity contribution < 1.29 is 27.5 Å². The Bertz CT molecular complexity index is 1060. The summed E-state index contributed by atoms with van der Waals surface area (Å²) in [6.07, 6.45) is -4.53. The van der Waals surface area contributed by atoms with Crippen LogP contribution in [0.3, 0.4) is 0 Å². The molecule has 154 valence electrons. The molecule has 1 N–H and O–H groups in total. The molecule has 6 nitrogen and oxygen atoms in total. The average Bonchev–Trinajstić information content (AvgIpc) is 3.21. The van der Waals surface area contributed by atoms with Crippen molar-refractivity contribution in [3.8, 4) is 0 Å². The summed E-state index contributed by atoms with van der Waals surface area (Å²) in [5.74, 6) is -1.82. The van der Waals surface area contributed by atoms with Gasteiger partial charge in [-0.05, 0) is 24.6 Å². The predicted octanol–water partition coefficient (Wildman–Crippen LogP) is 3.94. The quantitative estimate of drug-likeness (QED) is 0.583. The van der Waals surface area contributed by atoms with E-state index in [1.807, 2.05) is 18.2 Å². The van der Waals surface area contributed by atoms with Gasteiger partial charge in [0.15, 0.2) is 6.61 Å². The second kappa shape index (κ2) is 8.42. The number of fused-ring (bicyclic) bond motifs is 1. The van der Waals surface area contributed by atoms with Gasteiger partial charge in [-0.3, -0.25) is 9.48 Å². The molecule has 0 spiro atoms. The molecule has 3 rings (SSSR count). The molecule has 11 heteroatoms. The standard InChI is InChI=1S/C18H15ClF3N3O3S/c1-10-12-6-14(17(27)28-8-15(26)23-9-18(20,21)22)29-16(12)25(24-10)7-11-4-2-3-5-13(11)19/h2-6H,7-9H2,1H3,(H,23,26). The monoisotopic (exact) mass is 445 g/mol. The molecule has 0 radical (unpaired) electrons. The van der Waals surface area contributed by atoms with Crippen LogP contribution in [-0.2, 0) is 16.1 Å². The maximum atomic E-state index is 12.2. The van der Waals surface area contributed by atoms with E-state index in [2.05, 4.69) is 5.10 Å². The topological polar surface area (TPSA) is 73.2 Å². The molecular formula is C18H15ClF3N3O3S. The molecular weight excluding hydrogens is 431 g/mol. The average molecular weight is 446 g/mol. The van der Waals surface area contributed by atoms with Gasteiger partial charge in [0.05, 0.1) is 12.2 Å². The number of hydrogen-bond donors (Lipinski definition) is 1. The van der Waals surface area contributed by atoms with E-state index in [0.29, 0.717) is 17.3 Å². The largest absolute Gasteiger partial charge is 0.451 e. The molecule has 2 heterocycles. The fourth-order valence-electron chi connectivity index (χ4n) is 2.56. The van der Waals surface area contributed by atoms with Gasteiger partial charge in [-0.2, -0.15) is 18.3 Å². The van der Waals surface area contributed by atoms with Crippen LogP contribution in [0.5, 0.6) is 0 Å². The number of nitrogens with zero attached hydrogens (tertiary/aromatic N) is 2. The number of alkyl halides is 3. The lowest BCUT2D eigenvalue weighted by molar-refractivity contribution is -0.140. The van der Waals surface area contributed by atoms with Crippen molar-refractivity contribution in [1.29, 1.82) is 0 Å². The highest BCUT2D eigenvalue weighted by Gasteiger charge is 2.28. The van der Waals surface area contributed by atoms with Gasteiger partial charge in [0.1, 0.15) is 16.3 Å². The van der Waals surface area contributed by atoms with Crippen LogP contribution in [0.4, 0.5) is 13.2 Å². The molecule has 0 aliphatic carbocycles. The Balaban J connectivity index is 1.70. The van der Waals surface area contributed by atoms with E-state index in [1.54, 1.807) is 29.1 Å². The zero-order chi connectivity index (χ0) is 21.2. The molecule has 3 aromatic rings. The zero-order valence-electron chi connectivity index (χ0n) is 15.0. The summed E-state index contributed by atoms with van der Waals surface area (Å²) in [7, 11) is 0. The van der Waals surface area contributed by atoms with Gasteiger partial charge in [0, 0.05) is 10.4 Å². The van der Waals surface area contributed by atoms with Crippen molar-refractivity contribution >= 4 is 45.0 Å². The number of carbonyl (C=O) groups is 2. The van der Waals surface area contributed by atoms with Crippen molar-refractivity contribution in [3.63, 3.8) is 0 Å². The van der Waals surface area contributed by atoms with Crippen LogP contribution in [0.15, 0.2) is 30.3 Å². The third-order valence-corrected chi connectivity index (χ3v) is 5.40. The van der Waals surface area contributed by atoms with Gasteiger partial charge < -0.3 is 10.1 Å². The van der Waals surface area contributed by atoms with Crippen LogP contribution in [-0.4, -0.2) is 41.0 Å². The van der Waals surface area contributed by atoms with Gasteiger partial charge in [-0.1, -0.05) is 29.8 Å². The summed E-state index contributed by atoms with van der Waals surface area (Å²) >= 11 is 7.31. The van der Waals surface area contributed by atoms with Gasteiger partial charge in [0.2, 0.25) is 0 Å². The molecule has 2 aromatic heterocycles. The van der Waals surface area contributed by atoms with E-state index in [9.17, 15) is 22.8 Å². The molecule has 0 aliphatic rings. The van der Waals surface area contributed by atoms with Crippen molar-refractivity contribution in [3.05, 3.63) is 51.5 Å². The van der Waals surface area contributed by atoms with Crippen LogP contribution < -0.4 is 5.32 Å². The highest BCUT2D eigenvalue weighted by Crippen LogP contribution is 2.30. The number of rotatable bonds is 6. The van der Waals surface area contributed by atoms with Crippen molar-refractivity contribution in [2.75, 3.05) is 13.2 Å². The Morgan fingerprint density at radius 3 is 2.72 bits per heavy atom. The van der Waals surface area contributed by atoms with Crippen molar-refractivity contribution in [1.82, 2.24) is 15.1 Å². The lowest BCUT2D eigenvalue weighted by Gasteiger charge is -2.08. The smallest absolute Gasteiger partial charge is 0.405 e. The minimum absolute atomic E-state index is 0.219. The lowest BCUT2D eigenvalue weighted by atomic mass is 10.2. The highest BCUT2D eigenvalue weighted by atomic mass is 35.5. The predicted molar refractivity (Wildman–Crippen MR) is 102 cm³/mol. The molecule has 0 saturated carbocycles. The van der Waals surface area contributed by atoms with E-state index in [1.165, 1.54) is 0 Å². The number of hydrogen-bond acceptors (Lipinski definition) is 5. The summed E-state index contributed by atoms with van der Waals surface area (Å²) < 4.78 is 42.8. The molecule has 0 fully saturated rings. The first-order valence-corrected chi connectivity index (χ1v) is 9.54. The summed E-state index contributed by atoms with van der Waals surface area (Å²) in [5.41, 5.74) is 1.56. The third-order valence-electron chi connectivity index (χ3n) is 3.91. The van der Waals surface area contributed by atoms with E-state index in [4.69, 9.17) is 16.3 Å². The molecule has 0 saturated heterocycles. The Hall–Kier alpha value is -2.59. The summed E-state index contributed by atoms with van der Waals surface area (Å²) in [6.45, 7) is -0.0893. The molecule has 1 aromatic carbocycles. The minimum atomic E-state index is -4.53. The SMILES string of the molecule is Cc1nn(Cc2ccccc2Cl)c2sc(C(=O)OCC(=O)NCC(F)(F)F)cc12. The maximum absolute atomic E-state index is 12.2. The van der Waals surface area contributed by atoms with Crippen molar-refractivity contribution in [2.24, 2.45) is 0 Å². The van der Waals surface area contributed by atoms with E-state index < -0.39 is 31.2 Å². The van der Waals surface area contributed by atoms with Gasteiger partial charge in [0.25, 0.3) is 5.91 Å². The third kappa shape index (κ3) is 5.27. The van der Waals surface area contributed by atoms with Crippen LogP contribution in [0.25, 0.3) is 10.2 Å². The van der Waals surface area contributed by atoms with Crippen LogP contribution >= 0.6 is 22.9 Å². The lowest BCUT2D eigenvalue weighted by Crippen LogP contribution is -2.36. The van der Waals surface area contributed by atoms with Crippen LogP contribution in [0, 0.1) is 6.92 Å². The zero-order valence-corrected chi connectivity index (χ0v) is 16.6. The number of carbonyl (C=O) groups excluding carboxylic acids is 2. The van der Waals surface area contributed by atoms with E-state index in [-0.39, 0.29) is 4.88 Å². The Morgan fingerprint density at radius 1 is 1.31 bits per heavy atom. The second-order valence-electron chi connectivity index (χ2n) is 6.13. The molecule has 0 bridgehead atoms. The number of ether oxygens (including phenoxy) is 1. The summed E-state index contributed by atoms with van der Waals surface area (Å²) in [6, 6.07) is 8.90. The number of esters is 1. The van der Waals surface area contributed by atoms with Crippen LogP contribution in [0.2, 0.25) is 5.02 Å². The Morgan fingerprint density at radius 2 is 2.03 bits per heavy atom. The Labute approximate surface area is 172 Å². The Kier molecular flexibility index (Phi) is 6.13. The number of aryl methyl sites for hydroxylation is 1. The van der Waals surface area contributed by atoms with Crippen molar-refractivity contribution in [2.45, 2.75) is 19.6 Å². The molecule has 29 heavy (non-hydrogen) atoms. The number of nitrogens with one attached hydrogen (secondary N) is 1. The first kappa shape index (κ1) is 21.1. The molecule has 0 unspecified atom stereocenters. The maximum Gasteiger partial charge on any atom is 0.405 e. The van der Waals surface area contributed by atoms with Gasteiger partial charge >= 0.3 is 12.1 Å². The summed E-state index contributed by atoms with van der Waals surface area (Å²) in [5, 5.41) is 7.43. The van der Waals surface area contributed by atoms with Gasteiger partial charge in [-0.15, -0.1) is 11.3 Å². The number of amides is 1. The molecule has 1 amide bonds. The first-order valence-electron chi connectivity index (χ1n) is 8.35. The van der Waals surface area contributed by atoms with Gasteiger partial charge in [-0.25, -0.2) is 4.79 Å². The molecule has 0 aliphatic heterocycles. The number of thiophene rings is 1. The minimum Gasteiger partial charge on any atom is -0.451 e. The fraction of sp³-hybridized carbons (Fsp3) is 0.278. The van der Waals surface area contributed by atoms with Crippen LogP contribution in [0.1, 0.15) is 20.9 Å². The first-order chi connectivity index (χ1) is 13.6. The number of halogens is 4. The summed E-state index contributed by atoms with van der Waals surface area (Å²) in [4.78, 5) is 24.5. The normalized spacial score (nSPS) is 11.6. The second-order valence-corrected chi connectivity index (χ2v) is 7.57. The van der Waals surface area contributed by atoms with E-state index in [0.717, 1.165) is 27.1 Å².